The zero-order valence-electron chi connectivity index (χ0n) is 12.6. The quantitative estimate of drug-likeness (QED) is 0.748. The monoisotopic (exact) mass is 296 g/mol. The van der Waals surface area contributed by atoms with E-state index in [4.69, 9.17) is 9.26 Å². The number of hydrogen-bond donors (Lipinski definition) is 1. The lowest BCUT2D eigenvalue weighted by atomic mass is 9.93. The van der Waals surface area contributed by atoms with Crippen LogP contribution in [-0.4, -0.2) is 23.2 Å². The molecule has 2 aromatic heterocycles. The molecule has 0 atom stereocenters. The fourth-order valence-corrected chi connectivity index (χ4v) is 2.61. The van der Waals surface area contributed by atoms with E-state index in [-0.39, 0.29) is 5.97 Å². The summed E-state index contributed by atoms with van der Waals surface area (Å²) in [4.78, 5) is 14.9. The van der Waals surface area contributed by atoms with Gasteiger partial charge in [0.2, 0.25) is 0 Å². The zero-order valence-corrected chi connectivity index (χ0v) is 12.6. The minimum absolute atomic E-state index is 0.367. The second kappa shape index (κ2) is 5.52. The molecule has 0 aliphatic heterocycles. The molecule has 0 fully saturated rings. The zero-order chi connectivity index (χ0) is 15.7. The summed E-state index contributed by atoms with van der Waals surface area (Å²) in [7, 11) is 1.37. The van der Waals surface area contributed by atoms with Gasteiger partial charge in [0.05, 0.1) is 18.4 Å². The number of esters is 1. The molecule has 0 spiro atoms. The Labute approximate surface area is 127 Å². The Kier molecular flexibility index (Phi) is 3.55. The molecule has 5 heteroatoms. The number of rotatable bonds is 3. The normalized spacial score (nSPS) is 10.7. The van der Waals surface area contributed by atoms with Crippen molar-refractivity contribution in [2.24, 2.45) is 0 Å². The SMILES string of the molecule is COC(=O)c1ccc(-c2cc[nH]c2)c(-c2c(C)noc2C)c1. The first-order valence-corrected chi connectivity index (χ1v) is 6.90. The van der Waals surface area contributed by atoms with Crippen molar-refractivity contribution in [3.8, 4) is 22.3 Å². The molecular formula is C17H16N2O3. The van der Waals surface area contributed by atoms with E-state index in [0.29, 0.717) is 5.56 Å². The second-order valence-corrected chi connectivity index (χ2v) is 5.05. The number of carbonyl (C=O) groups is 1. The summed E-state index contributed by atoms with van der Waals surface area (Å²) >= 11 is 0. The van der Waals surface area contributed by atoms with Crippen LogP contribution in [0.2, 0.25) is 0 Å². The fraction of sp³-hybridized carbons (Fsp3) is 0.176. The smallest absolute Gasteiger partial charge is 0.337 e. The first kappa shape index (κ1) is 14.1. The summed E-state index contributed by atoms with van der Waals surface area (Å²) < 4.78 is 10.1. The highest BCUT2D eigenvalue weighted by Gasteiger charge is 2.18. The van der Waals surface area contributed by atoms with Gasteiger partial charge in [-0.2, -0.15) is 0 Å². The van der Waals surface area contributed by atoms with Crippen LogP contribution < -0.4 is 0 Å². The van der Waals surface area contributed by atoms with Crippen molar-refractivity contribution in [1.82, 2.24) is 10.1 Å². The average Bonchev–Trinajstić information content (AvgIpc) is 3.16. The fourth-order valence-electron chi connectivity index (χ4n) is 2.61. The van der Waals surface area contributed by atoms with Crippen LogP contribution >= 0.6 is 0 Å². The van der Waals surface area contributed by atoms with E-state index in [9.17, 15) is 4.79 Å². The van der Waals surface area contributed by atoms with E-state index < -0.39 is 0 Å². The first-order chi connectivity index (χ1) is 10.6. The largest absolute Gasteiger partial charge is 0.465 e. The van der Waals surface area contributed by atoms with Crippen LogP contribution in [-0.2, 0) is 4.74 Å². The molecule has 0 amide bonds. The van der Waals surface area contributed by atoms with Gasteiger partial charge in [0, 0.05) is 18.0 Å². The van der Waals surface area contributed by atoms with Crippen LogP contribution in [0.5, 0.6) is 0 Å². The van der Waals surface area contributed by atoms with Gasteiger partial charge in [-0.3, -0.25) is 0 Å². The number of nitrogens with one attached hydrogen (secondary N) is 1. The van der Waals surface area contributed by atoms with Gasteiger partial charge in [-0.15, -0.1) is 0 Å². The number of aryl methyl sites for hydroxylation is 2. The molecule has 2 heterocycles. The summed E-state index contributed by atoms with van der Waals surface area (Å²) in [5.74, 6) is 0.352. The van der Waals surface area contributed by atoms with Crippen LogP contribution in [0.25, 0.3) is 22.3 Å². The Morgan fingerprint density at radius 2 is 2.05 bits per heavy atom. The molecule has 0 saturated heterocycles. The second-order valence-electron chi connectivity index (χ2n) is 5.05. The van der Waals surface area contributed by atoms with E-state index in [1.54, 1.807) is 6.07 Å². The number of hydrogen-bond acceptors (Lipinski definition) is 4. The Bertz CT molecular complexity index is 797. The summed E-state index contributed by atoms with van der Waals surface area (Å²) in [5.41, 5.74) is 5.13. The van der Waals surface area contributed by atoms with Crippen molar-refractivity contribution in [2.45, 2.75) is 13.8 Å². The average molecular weight is 296 g/mol. The molecular weight excluding hydrogens is 280 g/mol. The molecule has 22 heavy (non-hydrogen) atoms. The van der Waals surface area contributed by atoms with Crippen molar-refractivity contribution in [2.75, 3.05) is 7.11 Å². The number of aromatic amines is 1. The van der Waals surface area contributed by atoms with Crippen molar-refractivity contribution < 1.29 is 14.1 Å². The predicted molar refractivity (Wildman–Crippen MR) is 82.5 cm³/mol. The van der Waals surface area contributed by atoms with Gasteiger partial charge >= 0.3 is 5.97 Å². The number of aromatic nitrogens is 2. The summed E-state index contributed by atoms with van der Waals surface area (Å²) in [5, 5.41) is 4.01. The van der Waals surface area contributed by atoms with Crippen LogP contribution in [0.3, 0.4) is 0 Å². The lowest BCUT2D eigenvalue weighted by Gasteiger charge is -2.10. The van der Waals surface area contributed by atoms with Gasteiger partial charge in [-0.25, -0.2) is 4.79 Å². The molecule has 0 unspecified atom stereocenters. The maximum absolute atomic E-state index is 11.8. The highest BCUT2D eigenvalue weighted by Crippen LogP contribution is 2.36. The maximum atomic E-state index is 11.8. The van der Waals surface area contributed by atoms with Crippen LogP contribution in [0.15, 0.2) is 41.2 Å². The van der Waals surface area contributed by atoms with Gasteiger partial charge < -0.3 is 14.2 Å². The van der Waals surface area contributed by atoms with Crippen molar-refractivity contribution in [1.29, 1.82) is 0 Å². The molecule has 3 rings (SSSR count). The van der Waals surface area contributed by atoms with Gasteiger partial charge in [-0.1, -0.05) is 11.2 Å². The molecule has 1 N–H and O–H groups in total. The summed E-state index contributed by atoms with van der Waals surface area (Å²) in [6, 6.07) is 7.47. The number of methoxy groups -OCH3 is 1. The van der Waals surface area contributed by atoms with Crippen LogP contribution in [0.4, 0.5) is 0 Å². The molecule has 0 bridgehead atoms. The molecule has 1 aromatic carbocycles. The standard InChI is InChI=1S/C17H16N2O3/c1-10-16(11(2)22-19-10)15-8-12(17(20)21-3)4-5-14(15)13-6-7-18-9-13/h4-9,18H,1-3H3. The third kappa shape index (κ3) is 2.30. The van der Waals surface area contributed by atoms with E-state index in [1.807, 2.05) is 44.4 Å². The topological polar surface area (TPSA) is 68.1 Å². The maximum Gasteiger partial charge on any atom is 0.337 e. The molecule has 0 aliphatic carbocycles. The number of ether oxygens (including phenoxy) is 1. The van der Waals surface area contributed by atoms with Gasteiger partial charge in [0.25, 0.3) is 0 Å². The summed E-state index contributed by atoms with van der Waals surface area (Å²) in [6.45, 7) is 3.75. The Morgan fingerprint density at radius 3 is 2.64 bits per heavy atom. The van der Waals surface area contributed by atoms with E-state index in [0.717, 1.165) is 33.7 Å². The third-order valence-corrected chi connectivity index (χ3v) is 3.65. The van der Waals surface area contributed by atoms with Crippen LogP contribution in [0, 0.1) is 13.8 Å². The lowest BCUT2D eigenvalue weighted by Crippen LogP contribution is -2.02. The molecule has 3 aromatic rings. The van der Waals surface area contributed by atoms with E-state index in [2.05, 4.69) is 10.1 Å². The highest BCUT2D eigenvalue weighted by atomic mass is 16.5. The number of carbonyl (C=O) groups excluding carboxylic acids is 1. The molecule has 0 saturated carbocycles. The lowest BCUT2D eigenvalue weighted by molar-refractivity contribution is 0.0601. The van der Waals surface area contributed by atoms with Crippen molar-refractivity contribution in [3.63, 3.8) is 0 Å². The third-order valence-electron chi connectivity index (χ3n) is 3.65. The van der Waals surface area contributed by atoms with Gasteiger partial charge in [0.1, 0.15) is 5.76 Å². The first-order valence-electron chi connectivity index (χ1n) is 6.90. The van der Waals surface area contributed by atoms with E-state index >= 15 is 0 Å². The van der Waals surface area contributed by atoms with Gasteiger partial charge in [-0.05, 0) is 48.7 Å². The minimum Gasteiger partial charge on any atom is -0.465 e. The highest BCUT2D eigenvalue weighted by molar-refractivity contribution is 5.95. The Hall–Kier alpha value is -2.82. The molecule has 5 nitrogen and oxygen atoms in total. The molecule has 112 valence electrons. The number of H-pyrrole nitrogens is 1. The Morgan fingerprint density at radius 1 is 1.23 bits per heavy atom. The minimum atomic E-state index is -0.367. The van der Waals surface area contributed by atoms with E-state index in [1.165, 1.54) is 7.11 Å². The van der Waals surface area contributed by atoms with Crippen LogP contribution in [0.1, 0.15) is 21.8 Å². The molecule has 0 aliphatic rings. The summed E-state index contributed by atoms with van der Waals surface area (Å²) in [6.07, 6.45) is 3.77. The van der Waals surface area contributed by atoms with Gasteiger partial charge in [0.15, 0.2) is 0 Å². The van der Waals surface area contributed by atoms with Crippen molar-refractivity contribution in [3.05, 3.63) is 53.7 Å². The molecule has 0 radical (unpaired) electrons. The Balaban J connectivity index is 2.26. The predicted octanol–water partition coefficient (Wildman–Crippen LogP) is 3.74. The van der Waals surface area contributed by atoms with Crippen molar-refractivity contribution >= 4 is 5.97 Å². The number of benzene rings is 1. The number of nitrogens with zero attached hydrogens (tertiary/aromatic N) is 1.